The van der Waals surface area contributed by atoms with Gasteiger partial charge in [0.2, 0.25) is 0 Å². The standard InChI is InChI=1S/C51H96NO7P/c1-6-8-10-12-14-16-18-20-22-23-24-25-26-27-28-29-30-32-34-36-38-40-42-44-51(53)59-50(49-58-60(54,55)57-47-45-52(3,4)5)48-56-46-43-41-39-37-35-33-31-21-19-17-15-13-11-9-7-2/h13,15,18-21,23-24,50H,6-12,14,16-17,22,25-49H2,1-5H3/p+1/b15-13-,20-18-,21-19-,24-23-. The zero-order chi connectivity index (χ0) is 44.1. The molecule has 0 aromatic heterocycles. The van der Waals surface area contributed by atoms with Crippen molar-refractivity contribution in [2.75, 3.05) is 54.1 Å². The van der Waals surface area contributed by atoms with Crippen LogP contribution in [0.3, 0.4) is 0 Å². The number of phosphoric acid groups is 1. The number of nitrogens with zero attached hydrogens (tertiary/aromatic N) is 1. The van der Waals surface area contributed by atoms with Gasteiger partial charge in [-0.05, 0) is 70.6 Å². The molecule has 0 aliphatic heterocycles. The second-order valence-electron chi connectivity index (χ2n) is 17.8. The highest BCUT2D eigenvalue weighted by Crippen LogP contribution is 2.43. The van der Waals surface area contributed by atoms with E-state index < -0.39 is 13.9 Å². The molecule has 2 atom stereocenters. The minimum atomic E-state index is -4.28. The van der Waals surface area contributed by atoms with Crippen LogP contribution in [-0.2, 0) is 27.9 Å². The maximum Gasteiger partial charge on any atom is 0.472 e. The van der Waals surface area contributed by atoms with Crippen LogP contribution < -0.4 is 0 Å². The van der Waals surface area contributed by atoms with Gasteiger partial charge < -0.3 is 18.9 Å². The zero-order valence-corrected chi connectivity index (χ0v) is 40.8. The van der Waals surface area contributed by atoms with Crippen LogP contribution in [0.5, 0.6) is 0 Å². The molecule has 0 rings (SSSR count). The van der Waals surface area contributed by atoms with Crippen LogP contribution in [0.4, 0.5) is 0 Å². The van der Waals surface area contributed by atoms with Crippen molar-refractivity contribution in [3.63, 3.8) is 0 Å². The SMILES string of the molecule is CCCC/C=C\C/C=C\CCCCCCCCOCC(COP(=O)(O)OCC[N+](C)(C)C)OC(=O)CCCCCCCCCCCCC/C=C\C/C=C\CCCCCCC. The molecule has 2 unspecified atom stereocenters. The molecule has 0 radical (unpaired) electrons. The van der Waals surface area contributed by atoms with Gasteiger partial charge in [-0.1, -0.05) is 184 Å². The molecule has 0 spiro atoms. The molecule has 1 N–H and O–H groups in total. The number of esters is 1. The number of quaternary nitrogens is 1. The van der Waals surface area contributed by atoms with E-state index in [4.69, 9.17) is 18.5 Å². The van der Waals surface area contributed by atoms with Crippen LogP contribution in [0.1, 0.15) is 213 Å². The van der Waals surface area contributed by atoms with Gasteiger partial charge >= 0.3 is 13.8 Å². The van der Waals surface area contributed by atoms with Gasteiger partial charge in [0.1, 0.15) is 19.3 Å². The van der Waals surface area contributed by atoms with E-state index in [9.17, 15) is 14.3 Å². The molecule has 60 heavy (non-hydrogen) atoms. The molecule has 0 aromatic rings. The second-order valence-corrected chi connectivity index (χ2v) is 19.3. The van der Waals surface area contributed by atoms with Crippen molar-refractivity contribution in [3.8, 4) is 0 Å². The molecular weight excluding hydrogens is 770 g/mol. The van der Waals surface area contributed by atoms with Gasteiger partial charge in [-0.15, -0.1) is 0 Å². The number of allylic oxidation sites excluding steroid dienone is 8. The highest BCUT2D eigenvalue weighted by molar-refractivity contribution is 7.47. The third-order valence-electron chi connectivity index (χ3n) is 10.6. The minimum absolute atomic E-state index is 0.0850. The number of ether oxygens (including phenoxy) is 2. The van der Waals surface area contributed by atoms with Crippen LogP contribution in [0.15, 0.2) is 48.6 Å². The van der Waals surface area contributed by atoms with Gasteiger partial charge in [-0.3, -0.25) is 13.8 Å². The van der Waals surface area contributed by atoms with Gasteiger partial charge in [-0.25, -0.2) is 4.57 Å². The number of hydrogen-bond donors (Lipinski definition) is 1. The van der Waals surface area contributed by atoms with E-state index in [-0.39, 0.29) is 25.8 Å². The number of hydrogen-bond acceptors (Lipinski definition) is 6. The first kappa shape index (κ1) is 58.5. The third kappa shape index (κ3) is 47.5. The van der Waals surface area contributed by atoms with Gasteiger partial charge in [0.15, 0.2) is 0 Å². The lowest BCUT2D eigenvalue weighted by atomic mass is 10.0. The molecule has 0 bridgehead atoms. The maximum atomic E-state index is 12.7. The molecule has 8 nitrogen and oxygen atoms in total. The summed E-state index contributed by atoms with van der Waals surface area (Å²) in [4.78, 5) is 23.0. The number of unbranched alkanes of at least 4 members (excludes halogenated alkanes) is 24. The number of phosphoric ester groups is 1. The lowest BCUT2D eigenvalue weighted by molar-refractivity contribution is -0.870. The van der Waals surface area contributed by atoms with Crippen molar-refractivity contribution in [1.29, 1.82) is 0 Å². The van der Waals surface area contributed by atoms with Gasteiger partial charge in [0.05, 0.1) is 34.4 Å². The zero-order valence-electron chi connectivity index (χ0n) is 39.9. The largest absolute Gasteiger partial charge is 0.472 e. The van der Waals surface area contributed by atoms with Gasteiger partial charge in [-0.2, -0.15) is 0 Å². The molecule has 0 saturated carbocycles. The second kappa shape index (κ2) is 44.1. The van der Waals surface area contributed by atoms with Crippen molar-refractivity contribution < 1.29 is 37.3 Å². The first-order valence-corrected chi connectivity index (χ1v) is 26.4. The van der Waals surface area contributed by atoms with Crippen molar-refractivity contribution in [2.45, 2.75) is 219 Å². The quantitative estimate of drug-likeness (QED) is 0.0214. The number of carbonyl (C=O) groups is 1. The maximum absolute atomic E-state index is 12.7. The smallest absolute Gasteiger partial charge is 0.457 e. The van der Waals surface area contributed by atoms with Crippen molar-refractivity contribution in [3.05, 3.63) is 48.6 Å². The molecule has 0 saturated heterocycles. The molecular formula is C51H97NO7P+. The molecule has 0 amide bonds. The van der Waals surface area contributed by atoms with Crippen molar-refractivity contribution in [2.24, 2.45) is 0 Å². The first-order chi connectivity index (χ1) is 29.1. The van der Waals surface area contributed by atoms with Crippen molar-refractivity contribution in [1.82, 2.24) is 0 Å². The summed E-state index contributed by atoms with van der Waals surface area (Å²) in [7, 11) is 1.66. The summed E-state index contributed by atoms with van der Waals surface area (Å²) in [5.74, 6) is -0.319. The summed E-state index contributed by atoms with van der Waals surface area (Å²) >= 11 is 0. The molecule has 9 heteroatoms. The van der Waals surface area contributed by atoms with Crippen LogP contribution >= 0.6 is 7.82 Å². The van der Waals surface area contributed by atoms with Gasteiger partial charge in [0, 0.05) is 13.0 Å². The number of carbonyl (C=O) groups excluding carboxylic acids is 1. The Bertz CT molecular complexity index is 1100. The van der Waals surface area contributed by atoms with E-state index >= 15 is 0 Å². The lowest BCUT2D eigenvalue weighted by Gasteiger charge is -2.24. The summed E-state index contributed by atoms with van der Waals surface area (Å²) in [5.41, 5.74) is 0. The predicted octanol–water partition coefficient (Wildman–Crippen LogP) is 15.1. The molecule has 0 aliphatic carbocycles. The average molecular weight is 867 g/mol. The highest BCUT2D eigenvalue weighted by Gasteiger charge is 2.26. The summed E-state index contributed by atoms with van der Waals surface area (Å²) < 4.78 is 35.1. The summed E-state index contributed by atoms with van der Waals surface area (Å²) in [6.07, 6.45) is 54.3. The first-order valence-electron chi connectivity index (χ1n) is 24.9. The molecule has 0 aliphatic rings. The Morgan fingerprint density at radius 2 is 0.933 bits per heavy atom. The average Bonchev–Trinajstić information content (AvgIpc) is 3.20. The number of likely N-dealkylation sites (N-methyl/N-ethyl adjacent to an activating group) is 1. The highest BCUT2D eigenvalue weighted by atomic mass is 31.2. The summed E-state index contributed by atoms with van der Waals surface area (Å²) in [5, 5.41) is 0. The van der Waals surface area contributed by atoms with E-state index in [1.165, 1.54) is 141 Å². The van der Waals surface area contributed by atoms with Crippen LogP contribution in [0, 0.1) is 0 Å². The third-order valence-corrected chi connectivity index (χ3v) is 11.6. The predicted molar refractivity (Wildman–Crippen MR) is 256 cm³/mol. The van der Waals surface area contributed by atoms with E-state index in [1.54, 1.807) is 0 Å². The molecule has 352 valence electrons. The fourth-order valence-electron chi connectivity index (χ4n) is 6.72. The van der Waals surface area contributed by atoms with Crippen LogP contribution in [0.2, 0.25) is 0 Å². The Balaban J connectivity index is 4.14. The van der Waals surface area contributed by atoms with E-state index in [2.05, 4.69) is 62.5 Å². The topological polar surface area (TPSA) is 91.3 Å². The Hall–Kier alpha value is -1.54. The van der Waals surface area contributed by atoms with Gasteiger partial charge in [0.25, 0.3) is 0 Å². The fourth-order valence-corrected chi connectivity index (χ4v) is 7.46. The monoisotopic (exact) mass is 867 g/mol. The fraction of sp³-hybridized carbons (Fsp3) is 0.824. The number of rotatable bonds is 46. The Kier molecular flexibility index (Phi) is 43.0. The minimum Gasteiger partial charge on any atom is -0.457 e. The van der Waals surface area contributed by atoms with Crippen LogP contribution in [-0.4, -0.2) is 75.6 Å². The van der Waals surface area contributed by atoms with E-state index in [0.29, 0.717) is 24.1 Å². The Labute approximate surface area is 371 Å². The lowest BCUT2D eigenvalue weighted by Crippen LogP contribution is -2.37. The normalized spacial score (nSPS) is 14.0. The summed E-state index contributed by atoms with van der Waals surface area (Å²) in [6, 6.07) is 0. The van der Waals surface area contributed by atoms with Crippen molar-refractivity contribution >= 4 is 13.8 Å². The van der Waals surface area contributed by atoms with E-state index in [1.807, 2.05) is 21.1 Å². The summed E-state index contributed by atoms with van der Waals surface area (Å²) in [6.45, 7) is 5.56. The Morgan fingerprint density at radius 1 is 0.517 bits per heavy atom. The molecule has 0 fully saturated rings. The van der Waals surface area contributed by atoms with Crippen LogP contribution in [0.25, 0.3) is 0 Å². The Morgan fingerprint density at radius 3 is 1.40 bits per heavy atom. The molecule has 0 aromatic carbocycles. The van der Waals surface area contributed by atoms with E-state index in [0.717, 1.165) is 51.4 Å². The molecule has 0 heterocycles.